The van der Waals surface area contributed by atoms with E-state index >= 15 is 0 Å². The van der Waals surface area contributed by atoms with E-state index in [0.29, 0.717) is 34.8 Å². The number of nitrogens with one attached hydrogen (secondary N) is 3. The number of hydrogen-bond acceptors (Lipinski definition) is 8. The highest BCUT2D eigenvalue weighted by molar-refractivity contribution is 5.83. The zero-order chi connectivity index (χ0) is 20.2. The number of fused-ring (bicyclic) bond motifs is 1. The topological polar surface area (TPSA) is 106 Å². The van der Waals surface area contributed by atoms with E-state index < -0.39 is 0 Å². The van der Waals surface area contributed by atoms with Gasteiger partial charge < -0.3 is 29.8 Å². The lowest BCUT2D eigenvalue weighted by atomic mass is 10.2. The van der Waals surface area contributed by atoms with Gasteiger partial charge in [0, 0.05) is 40.6 Å². The van der Waals surface area contributed by atoms with Crippen molar-refractivity contribution >= 4 is 34.2 Å². The largest absolute Gasteiger partial charge is 0.493 e. The van der Waals surface area contributed by atoms with Crippen LogP contribution in [0, 0.1) is 0 Å². The van der Waals surface area contributed by atoms with E-state index in [4.69, 9.17) is 14.2 Å². The Hall–Kier alpha value is -4.01. The van der Waals surface area contributed by atoms with Gasteiger partial charge in [0.1, 0.15) is 6.33 Å². The summed E-state index contributed by atoms with van der Waals surface area (Å²) in [6.45, 7) is 0. The molecule has 2 aromatic carbocycles. The Kier molecular flexibility index (Phi) is 5.02. The smallest absolute Gasteiger partial charge is 0.232 e. The van der Waals surface area contributed by atoms with Gasteiger partial charge in [0.2, 0.25) is 17.6 Å². The summed E-state index contributed by atoms with van der Waals surface area (Å²) < 4.78 is 16.1. The molecule has 4 aromatic rings. The summed E-state index contributed by atoms with van der Waals surface area (Å²) in [6.07, 6.45) is 3.33. The SMILES string of the molecule is COc1cc(Nc2ncnc(Nc3ccc4[nH]ccc4c3)n2)cc(OC)c1OC. The number of H-pyrrole nitrogens is 1. The van der Waals surface area contributed by atoms with E-state index in [1.807, 2.05) is 30.5 Å². The summed E-state index contributed by atoms with van der Waals surface area (Å²) in [4.78, 5) is 16.0. The van der Waals surface area contributed by atoms with Gasteiger partial charge in [-0.3, -0.25) is 0 Å². The van der Waals surface area contributed by atoms with Gasteiger partial charge in [-0.05, 0) is 24.3 Å². The van der Waals surface area contributed by atoms with Crippen LogP contribution in [-0.2, 0) is 0 Å². The van der Waals surface area contributed by atoms with Crippen molar-refractivity contribution in [2.75, 3.05) is 32.0 Å². The fraction of sp³-hybridized carbons (Fsp3) is 0.150. The molecular formula is C20H20N6O3. The van der Waals surface area contributed by atoms with E-state index in [0.717, 1.165) is 16.6 Å². The van der Waals surface area contributed by atoms with Gasteiger partial charge in [0.15, 0.2) is 11.5 Å². The van der Waals surface area contributed by atoms with Gasteiger partial charge in [0.25, 0.3) is 0 Å². The first-order valence-electron chi connectivity index (χ1n) is 8.80. The number of ether oxygens (including phenoxy) is 3. The van der Waals surface area contributed by atoms with Crippen LogP contribution >= 0.6 is 0 Å². The zero-order valence-electron chi connectivity index (χ0n) is 16.2. The minimum absolute atomic E-state index is 0.375. The van der Waals surface area contributed by atoms with Gasteiger partial charge in [-0.25, -0.2) is 9.97 Å². The van der Waals surface area contributed by atoms with Crippen LogP contribution in [0.3, 0.4) is 0 Å². The molecule has 0 aliphatic heterocycles. The Morgan fingerprint density at radius 3 is 2.14 bits per heavy atom. The maximum atomic E-state index is 5.38. The predicted molar refractivity (Wildman–Crippen MR) is 111 cm³/mol. The minimum atomic E-state index is 0.375. The lowest BCUT2D eigenvalue weighted by Gasteiger charge is -2.14. The van der Waals surface area contributed by atoms with Gasteiger partial charge in [-0.1, -0.05) is 0 Å². The lowest BCUT2D eigenvalue weighted by molar-refractivity contribution is 0.324. The number of aromatic amines is 1. The van der Waals surface area contributed by atoms with Crippen molar-refractivity contribution in [2.45, 2.75) is 0 Å². The highest BCUT2D eigenvalue weighted by Gasteiger charge is 2.14. The highest BCUT2D eigenvalue weighted by Crippen LogP contribution is 2.40. The summed E-state index contributed by atoms with van der Waals surface area (Å²) in [5, 5.41) is 7.42. The zero-order valence-corrected chi connectivity index (χ0v) is 16.2. The fourth-order valence-electron chi connectivity index (χ4n) is 2.96. The number of methoxy groups -OCH3 is 3. The van der Waals surface area contributed by atoms with E-state index in [9.17, 15) is 0 Å². The fourth-order valence-corrected chi connectivity index (χ4v) is 2.96. The average Bonchev–Trinajstić information content (AvgIpc) is 3.21. The van der Waals surface area contributed by atoms with E-state index in [-0.39, 0.29) is 0 Å². The van der Waals surface area contributed by atoms with E-state index in [1.165, 1.54) is 6.33 Å². The van der Waals surface area contributed by atoms with Gasteiger partial charge >= 0.3 is 0 Å². The van der Waals surface area contributed by atoms with Crippen molar-refractivity contribution < 1.29 is 14.2 Å². The Bertz CT molecular complexity index is 1120. The molecule has 0 unspecified atom stereocenters. The molecule has 29 heavy (non-hydrogen) atoms. The molecule has 0 spiro atoms. The third-order valence-corrected chi connectivity index (χ3v) is 4.30. The molecule has 9 nitrogen and oxygen atoms in total. The summed E-state index contributed by atoms with van der Waals surface area (Å²) in [6, 6.07) is 11.5. The molecule has 4 rings (SSSR count). The van der Waals surface area contributed by atoms with Crippen molar-refractivity contribution in [1.82, 2.24) is 19.9 Å². The normalized spacial score (nSPS) is 10.6. The molecule has 0 amide bonds. The van der Waals surface area contributed by atoms with Crippen LogP contribution in [0.15, 0.2) is 48.9 Å². The minimum Gasteiger partial charge on any atom is -0.493 e. The number of nitrogens with zero attached hydrogens (tertiary/aromatic N) is 3. The van der Waals surface area contributed by atoms with E-state index in [2.05, 4.69) is 30.6 Å². The van der Waals surface area contributed by atoms with Gasteiger partial charge in [-0.15, -0.1) is 0 Å². The molecule has 0 aliphatic carbocycles. The van der Waals surface area contributed by atoms with Crippen LogP contribution in [0.25, 0.3) is 10.9 Å². The molecular weight excluding hydrogens is 372 g/mol. The third-order valence-electron chi connectivity index (χ3n) is 4.30. The highest BCUT2D eigenvalue weighted by atomic mass is 16.5. The molecule has 2 heterocycles. The lowest BCUT2D eigenvalue weighted by Crippen LogP contribution is -2.03. The van der Waals surface area contributed by atoms with Gasteiger partial charge in [-0.2, -0.15) is 4.98 Å². The first-order chi connectivity index (χ1) is 14.2. The number of aromatic nitrogens is 4. The van der Waals surface area contributed by atoms with Crippen LogP contribution in [0.4, 0.5) is 23.3 Å². The number of anilines is 4. The first-order valence-corrected chi connectivity index (χ1v) is 8.80. The maximum absolute atomic E-state index is 5.38. The number of benzene rings is 2. The second-order valence-electron chi connectivity index (χ2n) is 6.08. The Labute approximate surface area is 167 Å². The average molecular weight is 392 g/mol. The molecule has 0 bridgehead atoms. The monoisotopic (exact) mass is 392 g/mol. The van der Waals surface area contributed by atoms with Crippen LogP contribution in [0.2, 0.25) is 0 Å². The van der Waals surface area contributed by atoms with Crippen molar-refractivity contribution in [3.8, 4) is 17.2 Å². The molecule has 2 aromatic heterocycles. The number of hydrogen-bond donors (Lipinski definition) is 3. The second-order valence-corrected chi connectivity index (χ2v) is 6.08. The van der Waals surface area contributed by atoms with Crippen molar-refractivity contribution in [1.29, 1.82) is 0 Å². The molecule has 3 N–H and O–H groups in total. The molecule has 0 aliphatic rings. The summed E-state index contributed by atoms with van der Waals surface area (Å²) in [7, 11) is 4.68. The molecule has 0 fully saturated rings. The Balaban J connectivity index is 1.57. The van der Waals surface area contributed by atoms with Crippen LogP contribution in [0.1, 0.15) is 0 Å². The number of rotatable bonds is 7. The van der Waals surface area contributed by atoms with Crippen LogP contribution in [-0.4, -0.2) is 41.3 Å². The molecule has 0 saturated carbocycles. The Morgan fingerprint density at radius 2 is 1.48 bits per heavy atom. The maximum Gasteiger partial charge on any atom is 0.232 e. The van der Waals surface area contributed by atoms with Crippen LogP contribution in [0.5, 0.6) is 17.2 Å². The first kappa shape index (κ1) is 18.4. The standard InChI is InChI=1S/C20H20N6O3/c1-27-16-9-14(10-17(28-2)18(16)29-3)25-20-23-11-22-19(26-20)24-13-4-5-15-12(8-13)6-7-21-15/h4-11,21H,1-3H3,(H2,22,23,24,25,26). The molecule has 9 heteroatoms. The predicted octanol–water partition coefficient (Wildman–Crippen LogP) is 3.87. The molecule has 0 radical (unpaired) electrons. The van der Waals surface area contributed by atoms with Crippen LogP contribution < -0.4 is 24.8 Å². The van der Waals surface area contributed by atoms with Crippen molar-refractivity contribution in [2.24, 2.45) is 0 Å². The van der Waals surface area contributed by atoms with Gasteiger partial charge in [0.05, 0.1) is 21.3 Å². The molecule has 0 saturated heterocycles. The summed E-state index contributed by atoms with van der Waals surface area (Å²) in [5.41, 5.74) is 2.63. The van der Waals surface area contributed by atoms with E-state index in [1.54, 1.807) is 33.5 Å². The molecule has 0 atom stereocenters. The third kappa shape index (κ3) is 3.84. The quantitative estimate of drug-likeness (QED) is 0.435. The van der Waals surface area contributed by atoms with Crippen molar-refractivity contribution in [3.05, 3.63) is 48.9 Å². The second kappa shape index (κ2) is 7.93. The summed E-state index contributed by atoms with van der Waals surface area (Å²) >= 11 is 0. The molecule has 148 valence electrons. The summed E-state index contributed by atoms with van der Waals surface area (Å²) in [5.74, 6) is 2.37. The Morgan fingerprint density at radius 1 is 0.793 bits per heavy atom. The van der Waals surface area contributed by atoms with Crippen molar-refractivity contribution in [3.63, 3.8) is 0 Å².